The minimum absolute atomic E-state index is 0. The van der Waals surface area contributed by atoms with Gasteiger partial charge in [-0.25, -0.2) is 4.98 Å². The van der Waals surface area contributed by atoms with Gasteiger partial charge < -0.3 is 15.2 Å². The maximum atomic E-state index is 12.5. The molecule has 2 heterocycles. The van der Waals surface area contributed by atoms with Crippen LogP contribution < -0.4 is 10.6 Å². The van der Waals surface area contributed by atoms with E-state index in [-0.39, 0.29) is 9.27 Å². The molecule has 0 aliphatic carbocycles. The summed E-state index contributed by atoms with van der Waals surface area (Å²) in [6.45, 7) is 9.70. The zero-order chi connectivity index (χ0) is 29.8. The number of imidazole rings is 1. The summed E-state index contributed by atoms with van der Waals surface area (Å²) in [6.07, 6.45) is 14.5. The van der Waals surface area contributed by atoms with Gasteiger partial charge in [0.05, 0.1) is 17.7 Å². The lowest BCUT2D eigenvalue weighted by Gasteiger charge is -2.10. The van der Waals surface area contributed by atoms with Crippen molar-refractivity contribution >= 4 is 66.2 Å². The van der Waals surface area contributed by atoms with Crippen LogP contribution in [0.25, 0.3) is 30.4 Å². The average molecular weight is 570 g/mol. The number of thiol groups is 1. The number of carbonyl (C=O) groups is 2. The summed E-state index contributed by atoms with van der Waals surface area (Å²) in [5, 5.41) is 5.55. The minimum Gasteiger partial charge on any atom is -0.340 e. The second-order valence-corrected chi connectivity index (χ2v) is 9.35. The van der Waals surface area contributed by atoms with E-state index in [1.807, 2.05) is 105 Å². The summed E-state index contributed by atoms with van der Waals surface area (Å²) in [5.41, 5.74) is 6.50. The fourth-order valence-corrected chi connectivity index (χ4v) is 4.16. The normalized spacial score (nSPS) is 10.8. The molecule has 0 spiro atoms. The van der Waals surface area contributed by atoms with Gasteiger partial charge in [0.1, 0.15) is 6.42 Å². The predicted molar refractivity (Wildman–Crippen MR) is 178 cm³/mol. The molecule has 0 saturated heterocycles. The highest BCUT2D eigenvalue weighted by Gasteiger charge is 2.12. The highest BCUT2D eigenvalue weighted by atomic mass is 32.1. The van der Waals surface area contributed by atoms with Crippen LogP contribution in [-0.2, 0) is 16.6 Å². The van der Waals surface area contributed by atoms with Gasteiger partial charge in [-0.2, -0.15) is 0 Å². The van der Waals surface area contributed by atoms with Crippen LogP contribution in [0.2, 0.25) is 0 Å². The van der Waals surface area contributed by atoms with Crippen LogP contribution in [0.5, 0.6) is 0 Å². The first-order chi connectivity index (χ1) is 19.8. The molecule has 2 N–H and O–H groups in total. The third-order valence-electron chi connectivity index (χ3n) is 5.89. The smallest absolute Gasteiger partial charge is 0.233 e. The van der Waals surface area contributed by atoms with Crippen LogP contribution in [0.3, 0.4) is 0 Å². The van der Waals surface area contributed by atoms with Crippen molar-refractivity contribution < 1.29 is 12.4 Å². The number of hydrogen-bond donors (Lipinski definition) is 3. The average Bonchev–Trinajstić information content (AvgIpc) is 3.38. The van der Waals surface area contributed by atoms with E-state index in [0.717, 1.165) is 38.5 Å². The van der Waals surface area contributed by atoms with E-state index in [9.17, 15) is 9.59 Å². The molecule has 2 aromatic carbocycles. The molecule has 0 radical (unpaired) electrons. The molecule has 0 saturated carbocycles. The first-order valence-corrected chi connectivity index (χ1v) is 13.7. The number of carbonyl (C=O) groups excluding carboxylic acids is 2. The van der Waals surface area contributed by atoms with Crippen LogP contribution in [0.15, 0.2) is 78.7 Å². The fraction of sp³-hybridized carbons (Fsp3) is 0.152. The Morgan fingerprint density at radius 2 is 1.68 bits per heavy atom. The molecule has 8 heteroatoms. The predicted octanol–water partition coefficient (Wildman–Crippen LogP) is 7.88. The maximum Gasteiger partial charge on any atom is 0.233 e. The van der Waals surface area contributed by atoms with E-state index in [1.165, 1.54) is 0 Å². The van der Waals surface area contributed by atoms with Gasteiger partial charge in [-0.1, -0.05) is 62.9 Å². The van der Waals surface area contributed by atoms with Gasteiger partial charge in [-0.05, 0) is 65.6 Å². The van der Waals surface area contributed by atoms with Crippen molar-refractivity contribution in [3.05, 3.63) is 107 Å². The Balaban J connectivity index is 0.00000226. The van der Waals surface area contributed by atoms with Crippen molar-refractivity contribution in [1.82, 2.24) is 14.5 Å². The van der Waals surface area contributed by atoms with Gasteiger partial charge >= 0.3 is 0 Å². The number of rotatable bonds is 9. The standard InChI is InChI=1S/C31H29N5O2S.C2H6.2H2/c1-4-22-7-5-6-8-27(22)35-30(38)18-29(37)34-25-12-11-23(21(2)17-25)9-10-24-15-16-32-28(31(24)39)14-13-26-19-36(3)20-33-26;1-2;;/h4-17,19-20,39H,1,18H2,2-3H3,(H,34,37)(H,35,38);1-2H3;2*1H/b10-9-,14-13+;;;. The number of amides is 2. The quantitative estimate of drug-likeness (QED) is 0.141. The van der Waals surface area contributed by atoms with E-state index < -0.39 is 11.8 Å². The van der Waals surface area contributed by atoms with Crippen LogP contribution in [-0.4, -0.2) is 26.3 Å². The van der Waals surface area contributed by atoms with Gasteiger partial charge in [-0.3, -0.25) is 14.6 Å². The Bertz CT molecular complexity index is 1600. The third-order valence-corrected chi connectivity index (χ3v) is 6.38. The molecular formula is C33H39N5O2S. The van der Waals surface area contributed by atoms with Gasteiger partial charge in [0.15, 0.2) is 0 Å². The molecule has 2 aromatic heterocycles. The molecular weight excluding hydrogens is 530 g/mol. The number of nitrogens with one attached hydrogen (secondary N) is 2. The zero-order valence-electron chi connectivity index (χ0n) is 23.8. The van der Waals surface area contributed by atoms with Crippen LogP contribution >= 0.6 is 12.6 Å². The van der Waals surface area contributed by atoms with E-state index >= 15 is 0 Å². The highest BCUT2D eigenvalue weighted by molar-refractivity contribution is 7.80. The molecule has 0 aliphatic heterocycles. The summed E-state index contributed by atoms with van der Waals surface area (Å²) >= 11 is 4.68. The first-order valence-electron chi connectivity index (χ1n) is 13.3. The zero-order valence-corrected chi connectivity index (χ0v) is 24.7. The number of para-hydroxylation sites is 1. The Kier molecular flexibility index (Phi) is 11.4. The second-order valence-electron chi connectivity index (χ2n) is 8.90. The summed E-state index contributed by atoms with van der Waals surface area (Å²) in [4.78, 5) is 34.3. The SMILES string of the molecule is C=Cc1ccccc1NC(=O)CC(=O)Nc1ccc(/C=C\c2ccnc(/C=C/c3cn(C)cn3)c2S)c(C)c1.CC.[HH].[HH]. The van der Waals surface area contributed by atoms with E-state index in [1.54, 1.807) is 24.7 Å². The molecule has 7 nitrogen and oxygen atoms in total. The molecule has 0 fully saturated rings. The molecule has 4 rings (SSSR count). The Hall–Kier alpha value is -4.69. The van der Waals surface area contributed by atoms with Crippen molar-refractivity contribution in [3.63, 3.8) is 0 Å². The number of aryl methyl sites for hydroxylation is 2. The van der Waals surface area contributed by atoms with Gasteiger partial charge in [0, 0.05) is 38.6 Å². The van der Waals surface area contributed by atoms with Crippen LogP contribution in [0, 0.1) is 6.92 Å². The number of pyridine rings is 1. The summed E-state index contributed by atoms with van der Waals surface area (Å²) in [6, 6.07) is 14.8. The molecule has 0 bridgehead atoms. The van der Waals surface area contributed by atoms with Gasteiger partial charge in [-0.15, -0.1) is 12.6 Å². The lowest BCUT2D eigenvalue weighted by atomic mass is 10.1. The number of aromatic nitrogens is 3. The summed E-state index contributed by atoms with van der Waals surface area (Å²) < 4.78 is 1.88. The number of nitrogens with zero attached hydrogens (tertiary/aromatic N) is 3. The number of hydrogen-bond acceptors (Lipinski definition) is 5. The van der Waals surface area contributed by atoms with E-state index in [0.29, 0.717) is 11.4 Å². The van der Waals surface area contributed by atoms with Crippen molar-refractivity contribution in [3.8, 4) is 0 Å². The second kappa shape index (κ2) is 15.2. The molecule has 0 atom stereocenters. The molecule has 0 aliphatic rings. The van der Waals surface area contributed by atoms with Gasteiger partial charge in [0.25, 0.3) is 0 Å². The fourth-order valence-electron chi connectivity index (χ4n) is 3.88. The number of benzene rings is 2. The maximum absolute atomic E-state index is 12.5. The van der Waals surface area contributed by atoms with Crippen molar-refractivity contribution in [2.24, 2.45) is 7.05 Å². The molecule has 41 heavy (non-hydrogen) atoms. The molecule has 214 valence electrons. The Labute approximate surface area is 250 Å². The summed E-state index contributed by atoms with van der Waals surface area (Å²) in [7, 11) is 1.92. The lowest BCUT2D eigenvalue weighted by molar-refractivity contribution is -0.123. The largest absolute Gasteiger partial charge is 0.340 e. The summed E-state index contributed by atoms with van der Waals surface area (Å²) in [5.74, 6) is -0.790. The Morgan fingerprint density at radius 1 is 0.951 bits per heavy atom. The topological polar surface area (TPSA) is 88.9 Å². The monoisotopic (exact) mass is 569 g/mol. The van der Waals surface area contributed by atoms with Crippen molar-refractivity contribution in [2.45, 2.75) is 32.1 Å². The molecule has 4 aromatic rings. The Morgan fingerprint density at radius 3 is 2.39 bits per heavy atom. The third kappa shape index (κ3) is 8.91. The first kappa shape index (κ1) is 30.8. The van der Waals surface area contributed by atoms with E-state index in [2.05, 4.69) is 39.8 Å². The van der Waals surface area contributed by atoms with Crippen molar-refractivity contribution in [1.29, 1.82) is 0 Å². The molecule has 2 amide bonds. The van der Waals surface area contributed by atoms with Crippen LogP contribution in [0.1, 0.15) is 56.8 Å². The highest BCUT2D eigenvalue weighted by Crippen LogP contribution is 2.23. The lowest BCUT2D eigenvalue weighted by Crippen LogP contribution is -2.21. The van der Waals surface area contributed by atoms with E-state index in [4.69, 9.17) is 0 Å². The minimum atomic E-state index is -0.396. The van der Waals surface area contributed by atoms with Crippen LogP contribution in [0.4, 0.5) is 11.4 Å². The van der Waals surface area contributed by atoms with Crippen molar-refractivity contribution in [2.75, 3.05) is 10.6 Å². The molecule has 0 unspecified atom stereocenters. The van der Waals surface area contributed by atoms with Gasteiger partial charge in [0.2, 0.25) is 11.8 Å². The number of anilines is 2.